The molecule has 4 bridgehead atoms. The highest BCUT2D eigenvalue weighted by atomic mass is 32.2. The van der Waals surface area contributed by atoms with Gasteiger partial charge in [-0.3, -0.25) is 0 Å². The van der Waals surface area contributed by atoms with E-state index >= 15 is 0 Å². The third-order valence-electron chi connectivity index (χ3n) is 9.70. The first-order valence-corrected chi connectivity index (χ1v) is 12.5. The van der Waals surface area contributed by atoms with Crippen molar-refractivity contribution in [3.8, 4) is 0 Å². The van der Waals surface area contributed by atoms with Gasteiger partial charge in [0.05, 0.1) is 23.0 Å². The van der Waals surface area contributed by atoms with E-state index in [1.807, 2.05) is 20.8 Å². The average Bonchev–Trinajstić information content (AvgIpc) is 3.14. The molecular formula is C24H32O7S. The van der Waals surface area contributed by atoms with Crippen molar-refractivity contribution in [2.45, 2.75) is 69.8 Å². The van der Waals surface area contributed by atoms with E-state index in [4.69, 9.17) is 13.7 Å². The molecule has 0 radical (unpaired) electrons. The highest BCUT2D eigenvalue weighted by molar-refractivity contribution is 7.86. The predicted molar refractivity (Wildman–Crippen MR) is 116 cm³/mol. The molecule has 0 aromatic heterocycles. The molecule has 6 unspecified atom stereocenters. The van der Waals surface area contributed by atoms with Gasteiger partial charge < -0.3 is 23.9 Å². The predicted octanol–water partition coefficient (Wildman–Crippen LogP) is 2.90. The molecule has 2 N–H and O–H groups in total. The van der Waals surface area contributed by atoms with Crippen LogP contribution < -0.4 is 0 Å². The lowest BCUT2D eigenvalue weighted by Gasteiger charge is -2.71. The fourth-order valence-electron chi connectivity index (χ4n) is 7.85. The van der Waals surface area contributed by atoms with Crippen molar-refractivity contribution in [2.75, 3.05) is 13.7 Å². The van der Waals surface area contributed by atoms with Gasteiger partial charge in [0.25, 0.3) is 0 Å². The van der Waals surface area contributed by atoms with Gasteiger partial charge in [-0.05, 0) is 57.2 Å². The lowest BCUT2D eigenvalue weighted by Crippen LogP contribution is -2.82. The SMILES string of the molecule is COC12OCC3(C)C4(O)CC[C@H](C)C4(C(C)=C(OS(=O)(=O)c4ccc(C)cc4)C13C)C2O. The molecule has 176 valence electrons. The molecule has 7 nitrogen and oxygen atoms in total. The number of benzene rings is 1. The number of hydrogen-bond donors (Lipinski definition) is 2. The lowest BCUT2D eigenvalue weighted by atomic mass is 9.35. The Kier molecular flexibility index (Phi) is 4.30. The Morgan fingerprint density at radius 2 is 1.78 bits per heavy atom. The molecule has 1 spiro atoms. The van der Waals surface area contributed by atoms with E-state index in [-0.39, 0.29) is 23.2 Å². The number of aliphatic hydroxyl groups is 2. The van der Waals surface area contributed by atoms with Gasteiger partial charge in [-0.15, -0.1) is 0 Å². The Hall–Kier alpha value is -1.45. The molecule has 1 aromatic rings. The molecule has 3 fully saturated rings. The quantitative estimate of drug-likeness (QED) is 0.661. The monoisotopic (exact) mass is 464 g/mol. The number of hydrogen-bond acceptors (Lipinski definition) is 7. The fourth-order valence-corrected chi connectivity index (χ4v) is 8.92. The summed E-state index contributed by atoms with van der Waals surface area (Å²) in [7, 11) is -2.71. The highest BCUT2D eigenvalue weighted by Crippen LogP contribution is 2.83. The zero-order chi connectivity index (χ0) is 23.5. The summed E-state index contributed by atoms with van der Waals surface area (Å²) in [5.74, 6) is -1.46. The Labute approximate surface area is 189 Å². The maximum atomic E-state index is 13.4. The van der Waals surface area contributed by atoms with Crippen molar-refractivity contribution in [2.24, 2.45) is 22.2 Å². The number of methoxy groups -OCH3 is 1. The van der Waals surface area contributed by atoms with E-state index in [0.717, 1.165) is 5.56 Å². The zero-order valence-electron chi connectivity index (χ0n) is 19.4. The second-order valence-electron chi connectivity index (χ2n) is 10.5. The van der Waals surface area contributed by atoms with Crippen molar-refractivity contribution in [1.29, 1.82) is 0 Å². The smallest absolute Gasteiger partial charge is 0.338 e. The fraction of sp³-hybridized carbons (Fsp3) is 0.667. The van der Waals surface area contributed by atoms with E-state index < -0.39 is 43.9 Å². The van der Waals surface area contributed by atoms with Crippen LogP contribution in [0.1, 0.15) is 46.1 Å². The molecule has 1 aromatic carbocycles. The second-order valence-corrected chi connectivity index (χ2v) is 12.0. The van der Waals surface area contributed by atoms with Crippen LogP contribution in [-0.4, -0.2) is 49.8 Å². The minimum absolute atomic E-state index is 0.0473. The normalized spacial score (nSPS) is 47.1. The topological polar surface area (TPSA) is 102 Å². The Balaban J connectivity index is 1.79. The van der Waals surface area contributed by atoms with E-state index in [0.29, 0.717) is 18.4 Å². The summed E-state index contributed by atoms with van der Waals surface area (Å²) in [6.07, 6.45) is -0.0121. The van der Waals surface area contributed by atoms with E-state index in [2.05, 4.69) is 0 Å². The van der Waals surface area contributed by atoms with Crippen LogP contribution in [0.15, 0.2) is 40.5 Å². The molecule has 4 aliphatic carbocycles. The summed E-state index contributed by atoms with van der Waals surface area (Å²) < 4.78 is 44.8. The molecule has 2 saturated carbocycles. The molecular weight excluding hydrogens is 432 g/mol. The van der Waals surface area contributed by atoms with E-state index in [1.54, 1.807) is 26.0 Å². The summed E-state index contributed by atoms with van der Waals surface area (Å²) in [6.45, 7) is 9.45. The summed E-state index contributed by atoms with van der Waals surface area (Å²) in [4.78, 5) is 0.0473. The molecule has 6 rings (SSSR count). The summed E-state index contributed by atoms with van der Waals surface area (Å²) >= 11 is 0. The lowest BCUT2D eigenvalue weighted by molar-refractivity contribution is -0.369. The number of ether oxygens (including phenoxy) is 2. The van der Waals surface area contributed by atoms with Crippen LogP contribution in [0.4, 0.5) is 0 Å². The maximum Gasteiger partial charge on any atom is 0.338 e. The van der Waals surface area contributed by atoms with Crippen LogP contribution in [0, 0.1) is 29.1 Å². The van der Waals surface area contributed by atoms with Gasteiger partial charge in [0, 0.05) is 12.5 Å². The molecule has 0 amide bonds. The van der Waals surface area contributed by atoms with Crippen molar-refractivity contribution < 1.29 is 32.3 Å². The number of rotatable bonds is 4. The maximum absolute atomic E-state index is 13.4. The van der Waals surface area contributed by atoms with Gasteiger partial charge in [0.2, 0.25) is 5.79 Å². The minimum Gasteiger partial charge on any atom is -0.388 e. The second kappa shape index (κ2) is 6.16. The van der Waals surface area contributed by atoms with Gasteiger partial charge in [-0.2, -0.15) is 8.42 Å². The Morgan fingerprint density at radius 1 is 1.16 bits per heavy atom. The first kappa shape index (κ1) is 22.3. The third-order valence-corrected chi connectivity index (χ3v) is 10.9. The van der Waals surface area contributed by atoms with Crippen LogP contribution in [0.2, 0.25) is 0 Å². The summed E-state index contributed by atoms with van der Waals surface area (Å²) in [6, 6.07) is 6.48. The summed E-state index contributed by atoms with van der Waals surface area (Å²) in [5.41, 5.74) is -3.12. The molecule has 1 saturated heterocycles. The third kappa shape index (κ3) is 1.95. The van der Waals surface area contributed by atoms with Gasteiger partial charge in [0.1, 0.15) is 16.8 Å². The first-order valence-electron chi connectivity index (χ1n) is 11.1. The van der Waals surface area contributed by atoms with Gasteiger partial charge >= 0.3 is 10.1 Å². The highest BCUT2D eigenvalue weighted by Gasteiger charge is 2.91. The van der Waals surface area contributed by atoms with Crippen LogP contribution in [0.5, 0.6) is 0 Å². The zero-order valence-corrected chi connectivity index (χ0v) is 20.2. The number of aryl methyl sites for hydroxylation is 1. The summed E-state index contributed by atoms with van der Waals surface area (Å²) in [5, 5.41) is 24.1. The standard InChI is InChI=1S/C24H32O7S/c1-14-7-9-17(10-8-14)32(27,28)31-18-16(3)23-15(2)11-12-22(23,26)20(4)13-30-24(29-6,19(23)25)21(18,20)5/h7-10,15,19,25-26H,11-13H2,1-6H3/t15-,19?,20?,21?,22?,23?,24?/m0/s1. The van der Waals surface area contributed by atoms with Crippen molar-refractivity contribution in [3.63, 3.8) is 0 Å². The van der Waals surface area contributed by atoms with E-state index in [9.17, 15) is 18.6 Å². The average molecular weight is 465 g/mol. The van der Waals surface area contributed by atoms with Crippen LogP contribution in [0.25, 0.3) is 0 Å². The van der Waals surface area contributed by atoms with Crippen molar-refractivity contribution in [3.05, 3.63) is 41.2 Å². The molecule has 7 atom stereocenters. The Morgan fingerprint density at radius 3 is 2.38 bits per heavy atom. The Bertz CT molecular complexity index is 1130. The molecule has 8 heteroatoms. The molecule has 1 heterocycles. The van der Waals surface area contributed by atoms with Crippen LogP contribution in [0.3, 0.4) is 0 Å². The van der Waals surface area contributed by atoms with Gasteiger partial charge in [-0.25, -0.2) is 0 Å². The molecule has 1 aliphatic heterocycles. The van der Waals surface area contributed by atoms with Crippen molar-refractivity contribution in [1.82, 2.24) is 0 Å². The first-order chi connectivity index (χ1) is 14.8. The molecule has 5 aliphatic rings. The van der Waals surface area contributed by atoms with Gasteiger partial charge in [0.15, 0.2) is 0 Å². The minimum atomic E-state index is -4.17. The van der Waals surface area contributed by atoms with Crippen molar-refractivity contribution >= 4 is 10.1 Å². The number of aliphatic hydroxyl groups excluding tert-OH is 1. The molecule has 32 heavy (non-hydrogen) atoms. The van der Waals surface area contributed by atoms with Crippen LogP contribution in [-0.2, 0) is 23.8 Å². The van der Waals surface area contributed by atoms with E-state index in [1.165, 1.54) is 19.2 Å². The van der Waals surface area contributed by atoms with Gasteiger partial charge in [-0.1, -0.05) is 31.5 Å². The largest absolute Gasteiger partial charge is 0.388 e. The van der Waals surface area contributed by atoms with Crippen LogP contribution >= 0.6 is 0 Å².